The molecule has 6 atom stereocenters. The summed E-state index contributed by atoms with van der Waals surface area (Å²) >= 11 is 10.2. The fourth-order valence-corrected chi connectivity index (χ4v) is 4.99. The lowest BCUT2D eigenvalue weighted by Gasteiger charge is -2.19. The molecule has 0 aromatic rings. The molecule has 1 rings (SSSR count). The van der Waals surface area contributed by atoms with E-state index in [1.165, 1.54) is 0 Å². The summed E-state index contributed by atoms with van der Waals surface area (Å²) < 4.78 is 0. The van der Waals surface area contributed by atoms with Crippen molar-refractivity contribution >= 4 is 33.5 Å². The van der Waals surface area contributed by atoms with E-state index in [9.17, 15) is 15.0 Å². The standard InChI is InChI=1S/C20H32BrClO4/c1-14(23)7-6-8-15(24)11-12-16-17(19(22)13-18(16)21)9-4-2-3-5-10-20(25)26/h2,4,11-12,14-19,23-24H,3,5-10,13H2,1H3,(H,25,26)/b4-2-,12-11+/t14-,15+,16-,17-,18-,19-/m1/s1. The summed E-state index contributed by atoms with van der Waals surface area (Å²) in [6.07, 6.45) is 12.8. The third-order valence-electron chi connectivity index (χ3n) is 4.84. The Kier molecular flexibility index (Phi) is 11.8. The van der Waals surface area contributed by atoms with Crippen molar-refractivity contribution in [1.82, 2.24) is 0 Å². The van der Waals surface area contributed by atoms with Crippen LogP contribution in [0.5, 0.6) is 0 Å². The molecule has 0 aromatic carbocycles. The molecular weight excluding hydrogens is 420 g/mol. The van der Waals surface area contributed by atoms with Crippen molar-refractivity contribution in [3.05, 3.63) is 24.3 Å². The SMILES string of the molecule is C[C@@H](O)CCC[C@H](O)/C=C/[C@@H]1[C@@H](C/C=C\CCCC(=O)O)[C@H](Cl)C[C@H]1Br. The molecule has 6 heteroatoms. The number of hydrogen-bond acceptors (Lipinski definition) is 3. The summed E-state index contributed by atoms with van der Waals surface area (Å²) in [4.78, 5) is 10.8. The number of aliphatic carboxylic acids is 1. The third kappa shape index (κ3) is 9.54. The highest BCUT2D eigenvalue weighted by atomic mass is 79.9. The van der Waals surface area contributed by atoms with E-state index in [1.54, 1.807) is 6.92 Å². The van der Waals surface area contributed by atoms with Gasteiger partial charge in [-0.25, -0.2) is 0 Å². The molecule has 150 valence electrons. The van der Waals surface area contributed by atoms with Gasteiger partial charge in [0.1, 0.15) is 0 Å². The number of aliphatic hydroxyl groups is 2. The van der Waals surface area contributed by atoms with Crippen LogP contribution in [0.2, 0.25) is 0 Å². The predicted octanol–water partition coefficient (Wildman–Crippen LogP) is 4.66. The maximum Gasteiger partial charge on any atom is 0.303 e. The highest BCUT2D eigenvalue weighted by Crippen LogP contribution is 2.43. The topological polar surface area (TPSA) is 77.8 Å². The Morgan fingerprint density at radius 2 is 2.00 bits per heavy atom. The highest BCUT2D eigenvalue weighted by molar-refractivity contribution is 9.09. The molecule has 4 nitrogen and oxygen atoms in total. The molecule has 0 bridgehead atoms. The Morgan fingerprint density at radius 1 is 1.27 bits per heavy atom. The molecule has 0 unspecified atom stereocenters. The van der Waals surface area contributed by atoms with Crippen molar-refractivity contribution in [2.75, 3.05) is 0 Å². The van der Waals surface area contributed by atoms with Gasteiger partial charge in [0.05, 0.1) is 12.2 Å². The largest absolute Gasteiger partial charge is 0.481 e. The van der Waals surface area contributed by atoms with Gasteiger partial charge in [-0.1, -0.05) is 40.2 Å². The number of carbonyl (C=O) groups is 1. The molecule has 0 radical (unpaired) electrons. The van der Waals surface area contributed by atoms with E-state index < -0.39 is 12.1 Å². The monoisotopic (exact) mass is 450 g/mol. The normalized spacial score (nSPS) is 28.8. The lowest BCUT2D eigenvalue weighted by Crippen LogP contribution is -2.16. The van der Waals surface area contributed by atoms with Crippen LogP contribution in [0.1, 0.15) is 58.3 Å². The zero-order valence-electron chi connectivity index (χ0n) is 15.4. The molecule has 0 spiro atoms. The molecule has 0 heterocycles. The molecule has 1 aliphatic rings. The average molecular weight is 452 g/mol. The van der Waals surface area contributed by atoms with Gasteiger partial charge >= 0.3 is 5.97 Å². The van der Waals surface area contributed by atoms with E-state index in [2.05, 4.69) is 28.1 Å². The van der Waals surface area contributed by atoms with E-state index in [4.69, 9.17) is 16.7 Å². The molecule has 0 aliphatic heterocycles. The van der Waals surface area contributed by atoms with Crippen LogP contribution in [0.25, 0.3) is 0 Å². The lowest BCUT2D eigenvalue weighted by atomic mass is 9.91. The lowest BCUT2D eigenvalue weighted by molar-refractivity contribution is -0.137. The molecule has 3 N–H and O–H groups in total. The van der Waals surface area contributed by atoms with Crippen molar-refractivity contribution in [1.29, 1.82) is 0 Å². The van der Waals surface area contributed by atoms with Crippen LogP contribution < -0.4 is 0 Å². The van der Waals surface area contributed by atoms with Gasteiger partial charge in [-0.15, -0.1) is 11.6 Å². The Hall–Kier alpha value is -0.360. The van der Waals surface area contributed by atoms with Crippen LogP contribution in [-0.2, 0) is 4.79 Å². The minimum atomic E-state index is -0.755. The predicted molar refractivity (Wildman–Crippen MR) is 110 cm³/mol. The van der Waals surface area contributed by atoms with Crippen molar-refractivity contribution in [3.63, 3.8) is 0 Å². The number of rotatable bonds is 12. The summed E-state index contributed by atoms with van der Waals surface area (Å²) in [5.41, 5.74) is 0. The van der Waals surface area contributed by atoms with Crippen LogP contribution >= 0.6 is 27.5 Å². The Labute approximate surface area is 170 Å². The summed E-state index contributed by atoms with van der Waals surface area (Å²) in [5, 5.41) is 28.1. The average Bonchev–Trinajstić information content (AvgIpc) is 2.81. The van der Waals surface area contributed by atoms with Gasteiger partial charge < -0.3 is 15.3 Å². The fraction of sp³-hybridized carbons (Fsp3) is 0.750. The molecule has 1 fully saturated rings. The van der Waals surface area contributed by atoms with E-state index in [0.717, 1.165) is 25.7 Å². The maximum absolute atomic E-state index is 10.5. The van der Waals surface area contributed by atoms with E-state index in [1.807, 2.05) is 12.2 Å². The Balaban J connectivity index is 2.46. The fourth-order valence-electron chi connectivity index (χ4n) is 3.34. The van der Waals surface area contributed by atoms with E-state index in [-0.39, 0.29) is 23.8 Å². The van der Waals surface area contributed by atoms with Gasteiger partial charge in [0.25, 0.3) is 0 Å². The maximum atomic E-state index is 10.5. The second-order valence-corrected chi connectivity index (χ2v) is 8.97. The zero-order valence-corrected chi connectivity index (χ0v) is 17.8. The number of alkyl halides is 2. The van der Waals surface area contributed by atoms with Crippen molar-refractivity contribution < 1.29 is 20.1 Å². The Morgan fingerprint density at radius 3 is 2.65 bits per heavy atom. The second-order valence-electron chi connectivity index (χ2n) is 7.23. The first-order chi connectivity index (χ1) is 12.3. The van der Waals surface area contributed by atoms with Gasteiger partial charge in [0, 0.05) is 16.6 Å². The number of aliphatic hydroxyl groups excluding tert-OH is 2. The number of allylic oxidation sites excluding steroid dienone is 3. The van der Waals surface area contributed by atoms with Crippen molar-refractivity contribution in [3.8, 4) is 0 Å². The van der Waals surface area contributed by atoms with E-state index in [0.29, 0.717) is 30.0 Å². The molecule has 0 saturated heterocycles. The number of hydrogen-bond donors (Lipinski definition) is 3. The van der Waals surface area contributed by atoms with Crippen LogP contribution in [0.4, 0.5) is 0 Å². The minimum absolute atomic E-state index is 0.0880. The van der Waals surface area contributed by atoms with Gasteiger partial charge in [-0.05, 0) is 63.7 Å². The van der Waals surface area contributed by atoms with Crippen LogP contribution in [0, 0.1) is 11.8 Å². The number of carboxylic acid groups (broad SMARTS) is 1. The quantitative estimate of drug-likeness (QED) is 0.229. The van der Waals surface area contributed by atoms with Crippen LogP contribution in [-0.4, -0.2) is 43.7 Å². The number of halogens is 2. The summed E-state index contributed by atoms with van der Waals surface area (Å²) in [7, 11) is 0. The van der Waals surface area contributed by atoms with E-state index >= 15 is 0 Å². The second kappa shape index (κ2) is 12.9. The van der Waals surface area contributed by atoms with Gasteiger partial charge in [-0.2, -0.15) is 0 Å². The van der Waals surface area contributed by atoms with Crippen molar-refractivity contribution in [2.24, 2.45) is 11.8 Å². The highest BCUT2D eigenvalue weighted by Gasteiger charge is 2.38. The molecular formula is C20H32BrClO4. The number of carboxylic acids is 1. The molecule has 26 heavy (non-hydrogen) atoms. The first-order valence-electron chi connectivity index (χ1n) is 9.50. The molecule has 1 aliphatic carbocycles. The molecule has 0 amide bonds. The third-order valence-corrected chi connectivity index (χ3v) is 6.33. The van der Waals surface area contributed by atoms with Crippen LogP contribution in [0.15, 0.2) is 24.3 Å². The van der Waals surface area contributed by atoms with Crippen LogP contribution in [0.3, 0.4) is 0 Å². The first-order valence-corrected chi connectivity index (χ1v) is 10.9. The minimum Gasteiger partial charge on any atom is -0.481 e. The zero-order chi connectivity index (χ0) is 19.5. The first kappa shape index (κ1) is 23.7. The number of unbranched alkanes of at least 4 members (excludes halogenated alkanes) is 1. The summed E-state index contributed by atoms with van der Waals surface area (Å²) in [6.45, 7) is 1.76. The van der Waals surface area contributed by atoms with Crippen molar-refractivity contribution in [2.45, 2.75) is 80.7 Å². The van der Waals surface area contributed by atoms with Gasteiger partial charge in [-0.3, -0.25) is 4.79 Å². The molecule has 1 saturated carbocycles. The van der Waals surface area contributed by atoms with Gasteiger partial charge in [0.2, 0.25) is 0 Å². The van der Waals surface area contributed by atoms with Gasteiger partial charge in [0.15, 0.2) is 0 Å². The Bertz CT molecular complexity index is 467. The summed E-state index contributed by atoms with van der Waals surface area (Å²) in [6, 6.07) is 0. The smallest absolute Gasteiger partial charge is 0.303 e. The summed E-state index contributed by atoms with van der Waals surface area (Å²) in [5.74, 6) is -0.181. The molecule has 0 aromatic heterocycles.